The molecule has 0 fully saturated rings. The number of fused-ring (bicyclic) bond motifs is 1. The van der Waals surface area contributed by atoms with Gasteiger partial charge in [-0.3, -0.25) is 0 Å². The van der Waals surface area contributed by atoms with Crippen LogP contribution in [0.1, 0.15) is 57.5 Å². The van der Waals surface area contributed by atoms with E-state index in [4.69, 9.17) is 16.5 Å². The second-order valence-electron chi connectivity index (χ2n) is 8.66. The fourth-order valence-corrected chi connectivity index (χ4v) is 7.69. The molecular weight excluding hydrogens is 447 g/mol. The predicted molar refractivity (Wildman–Crippen MR) is 135 cm³/mol. The molecule has 3 rings (SSSR count). The molecule has 7 heteroatoms. The molecule has 1 aliphatic rings. The van der Waals surface area contributed by atoms with Crippen LogP contribution in [0.25, 0.3) is 5.70 Å². The van der Waals surface area contributed by atoms with Crippen LogP contribution in [0.2, 0.25) is 15.6 Å². The molecule has 2 aromatic rings. The van der Waals surface area contributed by atoms with Gasteiger partial charge in [0, 0.05) is 5.69 Å². The third kappa shape index (κ3) is 5.74. The van der Waals surface area contributed by atoms with Gasteiger partial charge >= 0.3 is 168 Å². The Hall–Kier alpha value is -2.20. The van der Waals surface area contributed by atoms with Crippen LogP contribution in [0.15, 0.2) is 30.3 Å². The normalized spacial score (nSPS) is 18.8. The van der Waals surface area contributed by atoms with Crippen LogP contribution in [-0.2, 0) is 5.54 Å². The molecule has 0 saturated carbocycles. The molecule has 2 unspecified atom stereocenters. The monoisotopic (exact) mass is 484 g/mol. The fourth-order valence-electron chi connectivity index (χ4n) is 4.10. The summed E-state index contributed by atoms with van der Waals surface area (Å²) in [4.78, 5) is 9.51. The van der Waals surface area contributed by atoms with Gasteiger partial charge in [-0.15, -0.1) is 0 Å². The van der Waals surface area contributed by atoms with Crippen molar-refractivity contribution in [2.75, 3.05) is 16.4 Å². The number of nitrogens with two attached hydrogens (primary N) is 2. The number of nitrogens with zero attached hydrogens (tertiary/aromatic N) is 2. The van der Waals surface area contributed by atoms with Gasteiger partial charge in [0.2, 0.25) is 0 Å². The van der Waals surface area contributed by atoms with Gasteiger partial charge in [-0.2, -0.15) is 0 Å². The van der Waals surface area contributed by atoms with Gasteiger partial charge in [0.15, 0.2) is 0 Å². The van der Waals surface area contributed by atoms with Gasteiger partial charge in [0.1, 0.15) is 0 Å². The second-order valence-corrected chi connectivity index (χ2v) is 15.1. The Kier molecular flexibility index (Phi) is 7.53. The molecule has 0 spiro atoms. The van der Waals surface area contributed by atoms with Crippen LogP contribution in [0.4, 0.5) is 17.3 Å². The minimum atomic E-state index is -0.578. The number of aryl methyl sites for hydroxylation is 1. The summed E-state index contributed by atoms with van der Waals surface area (Å²) in [5, 5.41) is 11.4. The van der Waals surface area contributed by atoms with E-state index in [1.165, 1.54) is 22.0 Å². The van der Waals surface area contributed by atoms with Crippen LogP contribution >= 0.6 is 0 Å². The Morgan fingerprint density at radius 3 is 2.61 bits per heavy atom. The van der Waals surface area contributed by atoms with E-state index in [-0.39, 0.29) is 0 Å². The van der Waals surface area contributed by atoms with Crippen molar-refractivity contribution in [3.63, 3.8) is 0 Å². The fraction of sp³-hybridized carbons (Fsp3) is 0.500. The van der Waals surface area contributed by atoms with E-state index in [1.54, 1.807) is 0 Å². The summed E-state index contributed by atoms with van der Waals surface area (Å²) in [5.41, 5.74) is 16.9. The number of aromatic nitrogens is 2. The molecule has 0 bridgehead atoms. The van der Waals surface area contributed by atoms with Crippen molar-refractivity contribution in [1.82, 2.24) is 9.97 Å². The maximum absolute atomic E-state index is 6.40. The molecule has 0 amide bonds. The first-order valence-electron chi connectivity index (χ1n) is 11.3. The van der Waals surface area contributed by atoms with Crippen LogP contribution in [-0.4, -0.2) is 30.7 Å². The van der Waals surface area contributed by atoms with Crippen molar-refractivity contribution >= 4 is 37.7 Å². The number of rotatable bonds is 9. The average molecular weight is 485 g/mol. The minimum absolute atomic E-state index is 0.343. The molecular formula is C24H37AsN6. The van der Waals surface area contributed by atoms with E-state index in [2.05, 4.69) is 43.3 Å². The SMILES string of the molecule is CC[As](CC)CCCC(C)Nc1nc(C)cc(C2(C)C=C(N)c3cc(N)ccc3N2)n1. The quantitative estimate of drug-likeness (QED) is 0.291. The van der Waals surface area contributed by atoms with Crippen LogP contribution in [0.3, 0.4) is 0 Å². The van der Waals surface area contributed by atoms with Crippen molar-refractivity contribution in [1.29, 1.82) is 0 Å². The zero-order valence-electron chi connectivity index (χ0n) is 19.5. The van der Waals surface area contributed by atoms with Crippen molar-refractivity contribution in [2.45, 2.75) is 74.7 Å². The summed E-state index contributed by atoms with van der Waals surface area (Å²) < 4.78 is 0. The summed E-state index contributed by atoms with van der Waals surface area (Å²) in [5.74, 6) is 0.681. The number of nitrogens with one attached hydrogen (secondary N) is 2. The number of nitrogen functional groups attached to an aromatic ring is 1. The van der Waals surface area contributed by atoms with E-state index < -0.39 is 20.2 Å². The maximum atomic E-state index is 6.40. The van der Waals surface area contributed by atoms with E-state index in [1.807, 2.05) is 37.3 Å². The first kappa shape index (κ1) is 23.5. The number of hydrogen-bond acceptors (Lipinski definition) is 6. The summed E-state index contributed by atoms with van der Waals surface area (Å²) in [7, 11) is 0. The average Bonchev–Trinajstić information content (AvgIpc) is 2.71. The standard InChI is InChI=1S/C24H37AsN6/c1-6-25(7-2)12-8-9-16(3)28-23-29-17(4)13-22(30-23)24(5)15-20(27)19-14-18(26)10-11-21(19)31-24/h10-11,13-16,31H,6-9,12,26-27H2,1-5H3,(H,28,29,30). The van der Waals surface area contributed by atoms with Gasteiger partial charge < -0.3 is 5.73 Å². The number of anilines is 3. The number of hydrogen-bond donors (Lipinski definition) is 4. The van der Waals surface area contributed by atoms with E-state index >= 15 is 0 Å². The first-order valence-corrected chi connectivity index (χ1v) is 15.2. The van der Waals surface area contributed by atoms with Crippen molar-refractivity contribution in [2.24, 2.45) is 5.73 Å². The zero-order chi connectivity index (χ0) is 22.6. The van der Waals surface area contributed by atoms with Crippen molar-refractivity contribution in [3.8, 4) is 0 Å². The Labute approximate surface area is 191 Å². The topological polar surface area (TPSA) is 102 Å². The summed E-state index contributed by atoms with van der Waals surface area (Å²) in [6, 6.07) is 8.12. The van der Waals surface area contributed by atoms with Crippen molar-refractivity contribution < 1.29 is 0 Å². The molecule has 6 nitrogen and oxygen atoms in total. The van der Waals surface area contributed by atoms with Gasteiger partial charge in [-0.05, 0) is 12.1 Å². The summed E-state index contributed by atoms with van der Waals surface area (Å²) in [6.45, 7) is 11.0. The Morgan fingerprint density at radius 2 is 1.90 bits per heavy atom. The third-order valence-corrected chi connectivity index (χ3v) is 11.7. The molecule has 2 heterocycles. The summed E-state index contributed by atoms with van der Waals surface area (Å²) >= 11 is -0.578. The predicted octanol–water partition coefficient (Wildman–Crippen LogP) is 5.12. The Morgan fingerprint density at radius 1 is 1.16 bits per heavy atom. The van der Waals surface area contributed by atoms with Crippen LogP contribution in [0, 0.1) is 6.92 Å². The van der Waals surface area contributed by atoms with E-state index in [0.29, 0.717) is 23.4 Å². The second kappa shape index (κ2) is 9.95. The molecule has 6 N–H and O–H groups in total. The van der Waals surface area contributed by atoms with Gasteiger partial charge in [-0.25, -0.2) is 0 Å². The molecule has 0 radical (unpaired) electrons. The zero-order valence-corrected chi connectivity index (χ0v) is 21.4. The molecule has 0 aliphatic carbocycles. The van der Waals surface area contributed by atoms with Crippen molar-refractivity contribution in [3.05, 3.63) is 47.3 Å². The van der Waals surface area contributed by atoms with Gasteiger partial charge in [0.25, 0.3) is 0 Å². The van der Waals surface area contributed by atoms with Gasteiger partial charge in [-0.1, -0.05) is 0 Å². The molecule has 1 aliphatic heterocycles. The summed E-state index contributed by atoms with van der Waals surface area (Å²) in [6.07, 6.45) is 4.45. The Balaban J connectivity index is 1.75. The Bertz CT molecular complexity index is 940. The molecule has 168 valence electrons. The van der Waals surface area contributed by atoms with E-state index in [0.717, 1.165) is 29.1 Å². The molecule has 31 heavy (non-hydrogen) atoms. The first-order chi connectivity index (χ1) is 14.7. The van der Waals surface area contributed by atoms with Gasteiger partial charge in [0.05, 0.1) is 0 Å². The third-order valence-electron chi connectivity index (χ3n) is 5.96. The van der Waals surface area contributed by atoms with Crippen LogP contribution < -0.4 is 22.1 Å². The molecule has 1 aromatic heterocycles. The molecule has 0 saturated heterocycles. The molecule has 2 atom stereocenters. The van der Waals surface area contributed by atoms with Crippen LogP contribution in [0.5, 0.6) is 0 Å². The number of benzene rings is 1. The molecule has 1 aromatic carbocycles. The van der Waals surface area contributed by atoms with E-state index in [9.17, 15) is 0 Å².